The first-order chi connectivity index (χ1) is 12.4. The van der Waals surface area contributed by atoms with Gasteiger partial charge in [0.2, 0.25) is 0 Å². The zero-order chi connectivity index (χ0) is 19.3. The first-order valence-corrected chi connectivity index (χ1v) is 9.17. The molecule has 2 aromatic rings. The summed E-state index contributed by atoms with van der Waals surface area (Å²) in [4.78, 5) is 14.0. The summed E-state index contributed by atoms with van der Waals surface area (Å²) in [6, 6.07) is 12.8. The minimum absolute atomic E-state index is 0.170. The maximum absolute atomic E-state index is 12.3. The lowest BCUT2D eigenvalue weighted by molar-refractivity contribution is 0.217. The van der Waals surface area contributed by atoms with Crippen molar-refractivity contribution in [2.24, 2.45) is 0 Å². The van der Waals surface area contributed by atoms with Crippen molar-refractivity contribution in [2.45, 2.75) is 26.7 Å². The molecule has 26 heavy (non-hydrogen) atoms. The summed E-state index contributed by atoms with van der Waals surface area (Å²) in [5.41, 5.74) is 3.01. The second-order valence-corrected chi connectivity index (χ2v) is 6.75. The molecule has 136 valence electrons. The molecule has 0 aliphatic carbocycles. The third kappa shape index (κ3) is 4.49. The monoisotopic (exact) mass is 389 g/mol. The molecule has 0 aromatic heterocycles. The number of benzene rings is 2. The Balaban J connectivity index is 2.35. The molecule has 0 aliphatic heterocycles. The van der Waals surface area contributed by atoms with Crippen molar-refractivity contribution in [2.75, 3.05) is 18.4 Å². The van der Waals surface area contributed by atoms with E-state index in [1.807, 2.05) is 39.0 Å². The van der Waals surface area contributed by atoms with Crippen LogP contribution in [0, 0.1) is 18.3 Å². The van der Waals surface area contributed by atoms with Crippen molar-refractivity contribution in [3.63, 3.8) is 0 Å². The Morgan fingerprint density at radius 3 is 2.35 bits per heavy atom. The number of halogens is 2. The molecule has 2 amide bonds. The molecule has 0 spiro atoms. The van der Waals surface area contributed by atoms with Gasteiger partial charge in [-0.1, -0.05) is 41.4 Å². The summed E-state index contributed by atoms with van der Waals surface area (Å²) < 4.78 is 0. The van der Waals surface area contributed by atoms with Crippen molar-refractivity contribution in [1.29, 1.82) is 5.26 Å². The molecule has 1 N–H and O–H groups in total. The number of nitrogens with zero attached hydrogens (tertiary/aromatic N) is 2. The Morgan fingerprint density at radius 1 is 1.19 bits per heavy atom. The van der Waals surface area contributed by atoms with Crippen LogP contribution in [-0.4, -0.2) is 24.0 Å². The molecule has 1 unspecified atom stereocenters. The van der Waals surface area contributed by atoms with E-state index in [2.05, 4.69) is 11.4 Å². The summed E-state index contributed by atoms with van der Waals surface area (Å²) in [6.07, 6.45) is 0. The number of amides is 2. The van der Waals surface area contributed by atoms with Gasteiger partial charge in [0.15, 0.2) is 0 Å². The minimum Gasteiger partial charge on any atom is -0.325 e. The smallest absolute Gasteiger partial charge is 0.321 e. The van der Waals surface area contributed by atoms with Gasteiger partial charge in [-0.05, 0) is 55.7 Å². The highest BCUT2D eigenvalue weighted by Gasteiger charge is 2.19. The van der Waals surface area contributed by atoms with Crippen LogP contribution in [0.1, 0.15) is 36.5 Å². The summed E-state index contributed by atoms with van der Waals surface area (Å²) in [7, 11) is 0. The van der Waals surface area contributed by atoms with Gasteiger partial charge in [0.1, 0.15) is 0 Å². The summed E-state index contributed by atoms with van der Waals surface area (Å²) in [5, 5.41) is 13.6. The third-order valence-corrected chi connectivity index (χ3v) is 4.86. The molecule has 2 rings (SSSR count). The second kappa shape index (κ2) is 8.93. The van der Waals surface area contributed by atoms with Gasteiger partial charge in [0, 0.05) is 28.8 Å². The Kier molecular flexibility index (Phi) is 6.90. The minimum atomic E-state index is -0.508. The third-order valence-electron chi connectivity index (χ3n) is 4.28. The van der Waals surface area contributed by atoms with Crippen LogP contribution in [0.4, 0.5) is 10.5 Å². The van der Waals surface area contributed by atoms with E-state index in [1.54, 1.807) is 23.1 Å². The van der Waals surface area contributed by atoms with E-state index in [0.29, 0.717) is 34.4 Å². The maximum Gasteiger partial charge on any atom is 0.321 e. The molecular formula is C20H21Cl2N3O. The molecule has 6 heteroatoms. The van der Waals surface area contributed by atoms with E-state index in [9.17, 15) is 10.1 Å². The van der Waals surface area contributed by atoms with Crippen LogP contribution >= 0.6 is 23.2 Å². The molecule has 0 heterocycles. The second-order valence-electron chi connectivity index (χ2n) is 5.90. The summed E-state index contributed by atoms with van der Waals surface area (Å²) >= 11 is 12.4. The Bertz CT molecular complexity index is 824. The average Bonchev–Trinajstić information content (AvgIpc) is 2.62. The van der Waals surface area contributed by atoms with Gasteiger partial charge < -0.3 is 10.2 Å². The van der Waals surface area contributed by atoms with Gasteiger partial charge in [-0.2, -0.15) is 5.26 Å². The van der Waals surface area contributed by atoms with E-state index in [1.165, 1.54) is 0 Å². The normalized spacial score (nSPS) is 11.5. The number of nitriles is 1. The van der Waals surface area contributed by atoms with Crippen molar-refractivity contribution in [1.82, 2.24) is 4.90 Å². The van der Waals surface area contributed by atoms with Gasteiger partial charge in [0.25, 0.3) is 0 Å². The van der Waals surface area contributed by atoms with E-state index < -0.39 is 5.92 Å². The highest BCUT2D eigenvalue weighted by Crippen LogP contribution is 2.34. The predicted molar refractivity (Wildman–Crippen MR) is 107 cm³/mol. The number of hydrogen-bond acceptors (Lipinski definition) is 2. The number of aryl methyl sites for hydroxylation is 1. The first kappa shape index (κ1) is 20.1. The van der Waals surface area contributed by atoms with Crippen molar-refractivity contribution >= 4 is 34.9 Å². The quantitative estimate of drug-likeness (QED) is 0.698. The molecule has 0 aliphatic rings. The largest absolute Gasteiger partial charge is 0.325 e. The molecule has 1 atom stereocenters. The fourth-order valence-corrected chi connectivity index (χ4v) is 3.14. The lowest BCUT2D eigenvalue weighted by atomic mass is 9.91. The van der Waals surface area contributed by atoms with Crippen molar-refractivity contribution in [3.05, 3.63) is 63.1 Å². The molecule has 0 saturated heterocycles. The number of nitrogens with one attached hydrogen (secondary N) is 1. The topological polar surface area (TPSA) is 56.1 Å². The van der Waals surface area contributed by atoms with Gasteiger partial charge in [0.05, 0.1) is 12.0 Å². The molecule has 4 nitrogen and oxygen atoms in total. The highest BCUT2D eigenvalue weighted by atomic mass is 35.5. The standard InChI is InChI=1S/C20H21Cl2N3O/c1-4-25(5-2)20(26)24-19-11-18(22)16(10-13(19)3)17(12-23)14-6-8-15(21)9-7-14/h6-11,17H,4-5H2,1-3H3,(H,24,26). The molecule has 0 fully saturated rings. The first-order valence-electron chi connectivity index (χ1n) is 8.42. The van der Waals surface area contributed by atoms with E-state index in [4.69, 9.17) is 23.2 Å². The van der Waals surface area contributed by atoms with Gasteiger partial charge in [-0.3, -0.25) is 0 Å². The Morgan fingerprint density at radius 2 is 1.81 bits per heavy atom. The van der Waals surface area contributed by atoms with Crippen molar-refractivity contribution < 1.29 is 4.79 Å². The fourth-order valence-electron chi connectivity index (χ4n) is 2.74. The van der Waals surface area contributed by atoms with E-state index >= 15 is 0 Å². The predicted octanol–water partition coefficient (Wildman–Crippen LogP) is 5.83. The Labute approximate surface area is 164 Å². The summed E-state index contributed by atoms with van der Waals surface area (Å²) in [6.45, 7) is 6.99. The van der Waals surface area contributed by atoms with Crippen LogP contribution in [0.3, 0.4) is 0 Å². The Hall–Kier alpha value is -2.22. The van der Waals surface area contributed by atoms with Crippen molar-refractivity contribution in [3.8, 4) is 6.07 Å². The number of carbonyl (C=O) groups excluding carboxylic acids is 1. The number of carbonyl (C=O) groups is 1. The molecule has 0 saturated carbocycles. The van der Waals surface area contributed by atoms with Gasteiger partial charge in [-0.15, -0.1) is 0 Å². The zero-order valence-electron chi connectivity index (χ0n) is 15.0. The van der Waals surface area contributed by atoms with E-state index in [0.717, 1.165) is 11.1 Å². The van der Waals surface area contributed by atoms with Gasteiger partial charge >= 0.3 is 6.03 Å². The lowest BCUT2D eigenvalue weighted by Gasteiger charge is -2.21. The van der Waals surface area contributed by atoms with Crippen LogP contribution in [-0.2, 0) is 0 Å². The number of rotatable bonds is 5. The molecular weight excluding hydrogens is 369 g/mol. The number of anilines is 1. The van der Waals surface area contributed by atoms with Crippen LogP contribution in [0.5, 0.6) is 0 Å². The summed E-state index contributed by atoms with van der Waals surface area (Å²) in [5.74, 6) is -0.508. The van der Waals surface area contributed by atoms with Crippen LogP contribution in [0.15, 0.2) is 36.4 Å². The zero-order valence-corrected chi connectivity index (χ0v) is 16.5. The maximum atomic E-state index is 12.3. The van der Waals surface area contributed by atoms with Crippen LogP contribution < -0.4 is 5.32 Å². The average molecular weight is 390 g/mol. The van der Waals surface area contributed by atoms with Crippen LogP contribution in [0.2, 0.25) is 10.0 Å². The van der Waals surface area contributed by atoms with Crippen LogP contribution in [0.25, 0.3) is 0 Å². The fraction of sp³-hybridized carbons (Fsp3) is 0.300. The molecule has 2 aromatic carbocycles. The van der Waals surface area contributed by atoms with E-state index in [-0.39, 0.29) is 6.03 Å². The van der Waals surface area contributed by atoms with Gasteiger partial charge in [-0.25, -0.2) is 4.79 Å². The molecule has 0 bridgehead atoms. The lowest BCUT2D eigenvalue weighted by Crippen LogP contribution is -2.34. The number of hydrogen-bond donors (Lipinski definition) is 1. The molecule has 0 radical (unpaired) electrons. The SMILES string of the molecule is CCN(CC)C(=O)Nc1cc(Cl)c(C(C#N)c2ccc(Cl)cc2)cc1C. The number of urea groups is 1. The highest BCUT2D eigenvalue weighted by molar-refractivity contribution is 6.32.